The van der Waals surface area contributed by atoms with Crippen molar-refractivity contribution in [2.45, 2.75) is 104 Å². The molecule has 0 atom stereocenters. The van der Waals surface area contributed by atoms with E-state index in [1.807, 2.05) is 0 Å². The lowest BCUT2D eigenvalue weighted by Crippen LogP contribution is -2.26. The van der Waals surface area contributed by atoms with Crippen LogP contribution in [0.25, 0.3) is 0 Å². The topological polar surface area (TPSA) is 27.7 Å². The first-order valence-electron chi connectivity index (χ1n) is 12.7. The zero-order chi connectivity index (χ0) is 21.2. The minimum Gasteiger partial charge on any atom is -0.494 e. The van der Waals surface area contributed by atoms with E-state index in [1.165, 1.54) is 75.3 Å². The largest absolute Gasteiger partial charge is 0.494 e. The minimum absolute atomic E-state index is 0.215. The fraction of sp³-hybridized carbons (Fsp3) is 0.778. The van der Waals surface area contributed by atoms with E-state index in [4.69, 9.17) is 14.2 Å². The first-order chi connectivity index (χ1) is 14.7. The lowest BCUT2D eigenvalue weighted by molar-refractivity contribution is -0.202. The smallest absolute Gasteiger partial charge is 0.184 e. The second-order valence-electron chi connectivity index (χ2n) is 9.66. The van der Waals surface area contributed by atoms with Crippen LogP contribution in [0.4, 0.5) is 0 Å². The van der Waals surface area contributed by atoms with E-state index in [2.05, 4.69) is 39.0 Å². The van der Waals surface area contributed by atoms with Gasteiger partial charge in [-0.05, 0) is 67.7 Å². The molecule has 2 aliphatic rings. The van der Waals surface area contributed by atoms with Crippen molar-refractivity contribution in [3.05, 3.63) is 29.3 Å². The molecule has 0 amide bonds. The van der Waals surface area contributed by atoms with Crippen LogP contribution in [0.3, 0.4) is 0 Å². The average Bonchev–Trinajstić information content (AvgIpc) is 2.78. The van der Waals surface area contributed by atoms with Crippen molar-refractivity contribution in [1.29, 1.82) is 0 Å². The van der Waals surface area contributed by atoms with Gasteiger partial charge in [-0.3, -0.25) is 0 Å². The molecule has 0 spiro atoms. The third-order valence-corrected chi connectivity index (χ3v) is 6.85. The molecule has 1 aromatic rings. The van der Waals surface area contributed by atoms with Crippen molar-refractivity contribution in [1.82, 2.24) is 0 Å². The van der Waals surface area contributed by atoms with Crippen LogP contribution < -0.4 is 4.74 Å². The lowest BCUT2D eigenvalue weighted by Gasteiger charge is -2.33. The highest BCUT2D eigenvalue weighted by Gasteiger charge is 2.29. The average molecular weight is 417 g/mol. The van der Waals surface area contributed by atoms with Gasteiger partial charge in [0, 0.05) is 11.5 Å². The van der Waals surface area contributed by atoms with Crippen molar-refractivity contribution in [2.75, 3.05) is 19.8 Å². The van der Waals surface area contributed by atoms with Gasteiger partial charge in [0.05, 0.1) is 19.8 Å². The second-order valence-corrected chi connectivity index (χ2v) is 9.66. The van der Waals surface area contributed by atoms with E-state index in [0.29, 0.717) is 11.8 Å². The van der Waals surface area contributed by atoms with Crippen LogP contribution in [0.1, 0.15) is 115 Å². The Kier molecular flexibility index (Phi) is 10.00. The highest BCUT2D eigenvalue weighted by molar-refractivity contribution is 5.39. The zero-order valence-electron chi connectivity index (χ0n) is 19.7. The molecular formula is C27H44O3. The van der Waals surface area contributed by atoms with E-state index < -0.39 is 0 Å². The molecule has 1 saturated heterocycles. The molecule has 0 N–H and O–H groups in total. The summed E-state index contributed by atoms with van der Waals surface area (Å²) < 4.78 is 18.1. The lowest BCUT2D eigenvalue weighted by atomic mass is 9.76. The summed E-state index contributed by atoms with van der Waals surface area (Å²) in [4.78, 5) is 0. The number of benzene rings is 1. The number of unbranched alkanes of at least 4 members (excludes halogenated alkanes) is 4. The predicted molar refractivity (Wildman–Crippen MR) is 124 cm³/mol. The Morgan fingerprint density at radius 1 is 0.867 bits per heavy atom. The van der Waals surface area contributed by atoms with Gasteiger partial charge in [0.25, 0.3) is 0 Å². The van der Waals surface area contributed by atoms with Crippen LogP contribution in [0.5, 0.6) is 5.75 Å². The second kappa shape index (κ2) is 12.7. The molecule has 170 valence electrons. The van der Waals surface area contributed by atoms with E-state index in [9.17, 15) is 0 Å². The Hall–Kier alpha value is -1.06. The summed E-state index contributed by atoms with van der Waals surface area (Å²) in [6, 6.07) is 6.58. The number of hydrogen-bond donors (Lipinski definition) is 0. The van der Waals surface area contributed by atoms with Crippen molar-refractivity contribution in [2.24, 2.45) is 11.8 Å². The summed E-state index contributed by atoms with van der Waals surface area (Å²) in [7, 11) is 0. The van der Waals surface area contributed by atoms with Gasteiger partial charge < -0.3 is 14.2 Å². The van der Waals surface area contributed by atoms with Gasteiger partial charge in [0.1, 0.15) is 5.75 Å². The number of rotatable bonds is 11. The van der Waals surface area contributed by atoms with Crippen molar-refractivity contribution in [3.63, 3.8) is 0 Å². The van der Waals surface area contributed by atoms with Gasteiger partial charge in [0.15, 0.2) is 6.29 Å². The summed E-state index contributed by atoms with van der Waals surface area (Å²) in [6.07, 6.45) is 14.5. The predicted octanol–water partition coefficient (Wildman–Crippen LogP) is 7.79. The standard InChI is InChI=1S/C27H44O3/c1-4-6-7-8-9-10-22-11-13-23(14-12-22)26-18-24(28-17-5-2)15-16-25(26)27-29-19-21(3)20-30-27/h15-16,18,21-23,27H,4-14,17,19-20H2,1-3H3. The van der Waals surface area contributed by atoms with E-state index >= 15 is 0 Å². The summed E-state index contributed by atoms with van der Waals surface area (Å²) in [5.41, 5.74) is 2.64. The maximum absolute atomic E-state index is 6.07. The molecule has 1 saturated carbocycles. The van der Waals surface area contributed by atoms with Gasteiger partial charge in [-0.2, -0.15) is 0 Å². The van der Waals surface area contributed by atoms with Gasteiger partial charge in [0.2, 0.25) is 0 Å². The summed E-state index contributed by atoms with van der Waals surface area (Å²) in [5, 5.41) is 0. The number of hydrogen-bond acceptors (Lipinski definition) is 3. The van der Waals surface area contributed by atoms with Gasteiger partial charge >= 0.3 is 0 Å². The molecule has 1 heterocycles. The van der Waals surface area contributed by atoms with Crippen LogP contribution in [0.15, 0.2) is 18.2 Å². The van der Waals surface area contributed by atoms with E-state index in [-0.39, 0.29) is 6.29 Å². The molecule has 3 rings (SSSR count). The first-order valence-corrected chi connectivity index (χ1v) is 12.7. The minimum atomic E-state index is -0.215. The first kappa shape index (κ1) is 23.6. The van der Waals surface area contributed by atoms with Gasteiger partial charge in [-0.1, -0.05) is 59.3 Å². The fourth-order valence-corrected chi connectivity index (χ4v) is 5.01. The molecule has 1 aromatic carbocycles. The van der Waals surface area contributed by atoms with Crippen LogP contribution in [-0.2, 0) is 9.47 Å². The monoisotopic (exact) mass is 416 g/mol. The Balaban J connectivity index is 1.61. The molecule has 0 bridgehead atoms. The number of ether oxygens (including phenoxy) is 3. The van der Waals surface area contributed by atoms with Crippen LogP contribution in [0, 0.1) is 11.8 Å². The molecule has 0 radical (unpaired) electrons. The Morgan fingerprint density at radius 3 is 2.30 bits per heavy atom. The fourth-order valence-electron chi connectivity index (χ4n) is 5.01. The third kappa shape index (κ3) is 6.99. The quantitative estimate of drug-likeness (QED) is 0.344. The molecule has 0 unspecified atom stereocenters. The molecular weight excluding hydrogens is 372 g/mol. The molecule has 1 aliphatic heterocycles. The Bertz CT molecular complexity index is 598. The van der Waals surface area contributed by atoms with Crippen LogP contribution in [-0.4, -0.2) is 19.8 Å². The van der Waals surface area contributed by atoms with E-state index in [1.54, 1.807) is 0 Å². The molecule has 3 nitrogen and oxygen atoms in total. The summed E-state index contributed by atoms with van der Waals surface area (Å²) in [6.45, 7) is 8.97. The summed E-state index contributed by atoms with van der Waals surface area (Å²) >= 11 is 0. The Morgan fingerprint density at radius 2 is 1.60 bits per heavy atom. The SMILES string of the molecule is CCCCCCCC1CCC(c2cc(OCCC)ccc2C2OCC(C)CO2)CC1. The zero-order valence-corrected chi connectivity index (χ0v) is 19.7. The van der Waals surface area contributed by atoms with Gasteiger partial charge in [-0.15, -0.1) is 0 Å². The van der Waals surface area contributed by atoms with Crippen molar-refractivity contribution >= 4 is 0 Å². The normalized spacial score (nSPS) is 27.2. The molecule has 30 heavy (non-hydrogen) atoms. The third-order valence-electron chi connectivity index (χ3n) is 6.85. The van der Waals surface area contributed by atoms with Crippen molar-refractivity contribution in [3.8, 4) is 5.75 Å². The molecule has 0 aromatic heterocycles. The highest BCUT2D eigenvalue weighted by Crippen LogP contribution is 2.42. The molecule has 2 fully saturated rings. The summed E-state index contributed by atoms with van der Waals surface area (Å²) in [5.74, 6) is 3.00. The van der Waals surface area contributed by atoms with E-state index in [0.717, 1.165) is 37.9 Å². The van der Waals surface area contributed by atoms with Crippen LogP contribution >= 0.6 is 0 Å². The van der Waals surface area contributed by atoms with Gasteiger partial charge in [-0.25, -0.2) is 0 Å². The molecule has 1 aliphatic carbocycles. The Labute approximate surface area is 184 Å². The van der Waals surface area contributed by atoms with Crippen LogP contribution in [0.2, 0.25) is 0 Å². The molecule has 3 heteroatoms. The maximum atomic E-state index is 6.07. The maximum Gasteiger partial charge on any atom is 0.184 e. The highest BCUT2D eigenvalue weighted by atomic mass is 16.7. The van der Waals surface area contributed by atoms with Crippen molar-refractivity contribution < 1.29 is 14.2 Å².